The molecule has 0 radical (unpaired) electrons. The van der Waals surface area contributed by atoms with Crippen molar-refractivity contribution in [3.8, 4) is 0 Å². The number of methoxy groups -OCH3 is 1. The summed E-state index contributed by atoms with van der Waals surface area (Å²) in [6, 6.07) is 0. The first-order chi connectivity index (χ1) is 6.32. The Hall–Kier alpha value is -0.770. The standard InChI is InChI=1S/C9H14N2O2/c1-12-8-4-9(13-10-8)6-11-3-2-7(9)5-11/h7H,2-6H2,1H3/t7-,9?/m0/s1. The number of hydrogen-bond acceptors (Lipinski definition) is 4. The van der Waals surface area contributed by atoms with Gasteiger partial charge in [-0.05, 0) is 13.0 Å². The normalized spacial score (nSPS) is 46.7. The maximum absolute atomic E-state index is 5.56. The van der Waals surface area contributed by atoms with E-state index in [-0.39, 0.29) is 5.60 Å². The molecular weight excluding hydrogens is 168 g/mol. The summed E-state index contributed by atoms with van der Waals surface area (Å²) in [5.41, 5.74) is -0.0242. The monoisotopic (exact) mass is 182 g/mol. The highest BCUT2D eigenvalue weighted by atomic mass is 16.7. The van der Waals surface area contributed by atoms with Gasteiger partial charge in [-0.1, -0.05) is 5.16 Å². The van der Waals surface area contributed by atoms with E-state index in [4.69, 9.17) is 9.57 Å². The molecule has 0 amide bonds. The van der Waals surface area contributed by atoms with Gasteiger partial charge < -0.3 is 9.57 Å². The average Bonchev–Trinajstić information content (AvgIpc) is 2.80. The third kappa shape index (κ3) is 0.921. The van der Waals surface area contributed by atoms with Gasteiger partial charge in [0.2, 0.25) is 5.90 Å². The van der Waals surface area contributed by atoms with E-state index >= 15 is 0 Å². The van der Waals surface area contributed by atoms with Gasteiger partial charge in [0.1, 0.15) is 0 Å². The van der Waals surface area contributed by atoms with Crippen molar-refractivity contribution >= 4 is 5.90 Å². The van der Waals surface area contributed by atoms with Crippen LogP contribution in [0.15, 0.2) is 5.16 Å². The van der Waals surface area contributed by atoms with E-state index in [9.17, 15) is 0 Å². The van der Waals surface area contributed by atoms with Crippen molar-refractivity contribution in [2.45, 2.75) is 18.4 Å². The molecule has 3 aliphatic heterocycles. The molecule has 3 aliphatic rings. The Labute approximate surface area is 77.5 Å². The molecule has 0 aromatic rings. The van der Waals surface area contributed by atoms with Gasteiger partial charge in [0.05, 0.1) is 13.5 Å². The number of nitrogens with zero attached hydrogens (tertiary/aromatic N) is 2. The van der Waals surface area contributed by atoms with Crippen LogP contribution in [0.25, 0.3) is 0 Å². The van der Waals surface area contributed by atoms with Crippen LogP contribution < -0.4 is 0 Å². The molecule has 0 aliphatic carbocycles. The van der Waals surface area contributed by atoms with Gasteiger partial charge in [-0.3, -0.25) is 4.90 Å². The number of rotatable bonds is 0. The zero-order valence-corrected chi connectivity index (χ0v) is 7.82. The van der Waals surface area contributed by atoms with E-state index in [1.807, 2.05) is 0 Å². The van der Waals surface area contributed by atoms with Gasteiger partial charge in [0.25, 0.3) is 0 Å². The summed E-state index contributed by atoms with van der Waals surface area (Å²) in [6.07, 6.45) is 2.12. The Morgan fingerprint density at radius 2 is 2.62 bits per heavy atom. The summed E-state index contributed by atoms with van der Waals surface area (Å²) in [5.74, 6) is 1.43. The summed E-state index contributed by atoms with van der Waals surface area (Å²) < 4.78 is 5.11. The Balaban J connectivity index is 1.79. The average molecular weight is 182 g/mol. The zero-order chi connectivity index (χ0) is 8.89. The van der Waals surface area contributed by atoms with Crippen molar-refractivity contribution in [3.05, 3.63) is 0 Å². The molecule has 4 heteroatoms. The molecule has 3 heterocycles. The minimum absolute atomic E-state index is 0.0242. The second kappa shape index (κ2) is 2.38. The highest BCUT2D eigenvalue weighted by Gasteiger charge is 2.55. The van der Waals surface area contributed by atoms with Crippen molar-refractivity contribution in [1.29, 1.82) is 0 Å². The lowest BCUT2D eigenvalue weighted by Gasteiger charge is -2.30. The molecular formula is C9H14N2O2. The van der Waals surface area contributed by atoms with Crippen LogP contribution in [-0.2, 0) is 9.57 Å². The summed E-state index contributed by atoms with van der Waals surface area (Å²) in [6.45, 7) is 3.46. The Morgan fingerprint density at radius 1 is 1.69 bits per heavy atom. The van der Waals surface area contributed by atoms with Crippen LogP contribution in [0.2, 0.25) is 0 Å². The molecule has 0 N–H and O–H groups in total. The van der Waals surface area contributed by atoms with Gasteiger partial charge in [0, 0.05) is 19.0 Å². The smallest absolute Gasteiger partial charge is 0.229 e. The van der Waals surface area contributed by atoms with E-state index in [2.05, 4.69) is 10.1 Å². The first-order valence-electron chi connectivity index (χ1n) is 4.84. The van der Waals surface area contributed by atoms with Gasteiger partial charge in [-0.15, -0.1) is 0 Å². The predicted molar refractivity (Wildman–Crippen MR) is 47.4 cm³/mol. The van der Waals surface area contributed by atoms with Crippen molar-refractivity contribution in [2.24, 2.45) is 11.1 Å². The minimum atomic E-state index is -0.0242. The summed E-state index contributed by atoms with van der Waals surface area (Å²) >= 11 is 0. The van der Waals surface area contributed by atoms with Gasteiger partial charge in [0.15, 0.2) is 5.60 Å². The second-order valence-electron chi connectivity index (χ2n) is 4.24. The number of fused-ring (bicyclic) bond motifs is 3. The van der Waals surface area contributed by atoms with Crippen LogP contribution in [0.5, 0.6) is 0 Å². The zero-order valence-electron chi connectivity index (χ0n) is 7.82. The predicted octanol–water partition coefficient (Wildman–Crippen LogP) is 0.441. The van der Waals surface area contributed by atoms with Crippen molar-refractivity contribution < 1.29 is 9.57 Å². The lowest BCUT2D eigenvalue weighted by atomic mass is 9.85. The Kier molecular flexibility index (Phi) is 1.39. The topological polar surface area (TPSA) is 34.1 Å². The van der Waals surface area contributed by atoms with Gasteiger partial charge in [-0.2, -0.15) is 0 Å². The molecule has 3 rings (SSSR count). The molecule has 4 nitrogen and oxygen atoms in total. The fraction of sp³-hybridized carbons (Fsp3) is 0.889. The fourth-order valence-electron chi connectivity index (χ4n) is 2.79. The van der Waals surface area contributed by atoms with Crippen LogP contribution in [0.4, 0.5) is 0 Å². The first-order valence-corrected chi connectivity index (χ1v) is 4.84. The molecule has 2 bridgehead atoms. The fourth-order valence-corrected chi connectivity index (χ4v) is 2.79. The highest BCUT2D eigenvalue weighted by Crippen LogP contribution is 2.44. The summed E-state index contributed by atoms with van der Waals surface area (Å²) in [7, 11) is 1.66. The highest BCUT2D eigenvalue weighted by molar-refractivity contribution is 5.78. The molecule has 2 unspecified atom stereocenters. The first kappa shape index (κ1) is 7.62. The number of hydrogen-bond donors (Lipinski definition) is 0. The van der Waals surface area contributed by atoms with E-state index < -0.39 is 0 Å². The Morgan fingerprint density at radius 3 is 3.15 bits per heavy atom. The number of ether oxygens (including phenoxy) is 1. The van der Waals surface area contributed by atoms with Crippen molar-refractivity contribution in [2.75, 3.05) is 26.7 Å². The lowest BCUT2D eigenvalue weighted by Crippen LogP contribution is -2.42. The SMILES string of the molecule is COC1=NOC2(C1)CN1CC[C@H]2C1. The van der Waals surface area contributed by atoms with Crippen LogP contribution in [0, 0.1) is 5.92 Å². The molecule has 0 aromatic carbocycles. The van der Waals surface area contributed by atoms with Crippen molar-refractivity contribution in [3.63, 3.8) is 0 Å². The molecule has 2 fully saturated rings. The molecule has 72 valence electrons. The molecule has 0 saturated carbocycles. The van der Waals surface area contributed by atoms with E-state index in [1.165, 1.54) is 19.5 Å². The summed E-state index contributed by atoms with van der Waals surface area (Å²) in [5, 5.41) is 3.98. The van der Waals surface area contributed by atoms with Gasteiger partial charge in [-0.25, -0.2) is 0 Å². The van der Waals surface area contributed by atoms with E-state index in [1.54, 1.807) is 7.11 Å². The maximum atomic E-state index is 5.56. The largest absolute Gasteiger partial charge is 0.482 e. The number of piperidine rings is 1. The second-order valence-corrected chi connectivity index (χ2v) is 4.24. The molecule has 3 atom stereocenters. The van der Waals surface area contributed by atoms with E-state index in [0.29, 0.717) is 5.92 Å². The minimum Gasteiger partial charge on any atom is -0.482 e. The van der Waals surface area contributed by atoms with Crippen LogP contribution in [0.3, 0.4) is 0 Å². The quantitative estimate of drug-likeness (QED) is 0.545. The van der Waals surface area contributed by atoms with E-state index in [0.717, 1.165) is 18.9 Å². The van der Waals surface area contributed by atoms with Crippen LogP contribution in [0.1, 0.15) is 12.8 Å². The van der Waals surface area contributed by atoms with Crippen LogP contribution in [-0.4, -0.2) is 43.1 Å². The summed E-state index contributed by atoms with van der Waals surface area (Å²) in [4.78, 5) is 8.02. The maximum Gasteiger partial charge on any atom is 0.229 e. The molecule has 2 saturated heterocycles. The molecule has 0 aromatic heterocycles. The van der Waals surface area contributed by atoms with Crippen LogP contribution >= 0.6 is 0 Å². The molecule has 13 heavy (non-hydrogen) atoms. The third-order valence-corrected chi connectivity index (χ3v) is 3.52. The van der Waals surface area contributed by atoms with Gasteiger partial charge >= 0.3 is 0 Å². The lowest BCUT2D eigenvalue weighted by molar-refractivity contribution is -0.0517. The number of oxime groups is 1. The Bertz CT molecular complexity index is 266. The van der Waals surface area contributed by atoms with Crippen molar-refractivity contribution in [1.82, 2.24) is 4.90 Å². The third-order valence-electron chi connectivity index (χ3n) is 3.52. The molecule has 1 spiro atoms.